The van der Waals surface area contributed by atoms with Crippen LogP contribution in [0.1, 0.15) is 23.7 Å². The highest BCUT2D eigenvalue weighted by Gasteiger charge is 2.36. The Labute approximate surface area is 143 Å². The van der Waals surface area contributed by atoms with E-state index in [0.717, 1.165) is 18.2 Å². The maximum atomic E-state index is 14.1. The van der Waals surface area contributed by atoms with Crippen LogP contribution in [0.2, 0.25) is 0 Å². The van der Waals surface area contributed by atoms with Gasteiger partial charge in [-0.2, -0.15) is 0 Å². The number of aliphatic hydroxyl groups excluding tert-OH is 1. The molecule has 1 N–H and O–H groups in total. The van der Waals surface area contributed by atoms with Crippen molar-refractivity contribution in [3.63, 3.8) is 0 Å². The Morgan fingerprint density at radius 1 is 1.36 bits per heavy atom. The second kappa shape index (κ2) is 7.14. The minimum absolute atomic E-state index is 0.00412. The number of aromatic nitrogens is 1. The molecule has 0 spiro atoms. The molecule has 2 heterocycles. The van der Waals surface area contributed by atoms with Crippen molar-refractivity contribution >= 4 is 5.91 Å². The van der Waals surface area contributed by atoms with Gasteiger partial charge in [-0.25, -0.2) is 8.78 Å². The smallest absolute Gasteiger partial charge is 0.229 e. The lowest BCUT2D eigenvalue weighted by Gasteiger charge is -2.25. The number of pyridine rings is 1. The topological polar surface area (TPSA) is 62.7 Å². The number of hydrogen-bond donors (Lipinski definition) is 1. The summed E-state index contributed by atoms with van der Waals surface area (Å²) < 4.78 is 32.6. The maximum absolute atomic E-state index is 14.1. The number of β-amino-alcohol motifs (C(OH)–C–C–N with tert-alkyl or cyclic N) is 1. The van der Waals surface area contributed by atoms with Crippen LogP contribution in [0.25, 0.3) is 0 Å². The molecule has 1 aromatic carbocycles. The molecule has 2 atom stereocenters. The van der Waals surface area contributed by atoms with Crippen molar-refractivity contribution in [1.29, 1.82) is 0 Å². The van der Waals surface area contributed by atoms with E-state index < -0.39 is 23.8 Å². The first-order valence-electron chi connectivity index (χ1n) is 7.89. The molecular weight excluding hydrogens is 330 g/mol. The minimum Gasteiger partial charge on any atom is -0.495 e. The number of likely N-dealkylation sites (tertiary alicyclic amines) is 1. The van der Waals surface area contributed by atoms with Gasteiger partial charge in [0.1, 0.15) is 17.4 Å². The first-order valence-corrected chi connectivity index (χ1v) is 7.89. The molecule has 0 saturated carbocycles. The average molecular weight is 348 g/mol. The van der Waals surface area contributed by atoms with Crippen LogP contribution in [0.5, 0.6) is 5.75 Å². The van der Waals surface area contributed by atoms with Gasteiger partial charge in [0.25, 0.3) is 0 Å². The maximum Gasteiger partial charge on any atom is 0.229 e. The van der Waals surface area contributed by atoms with Crippen molar-refractivity contribution in [2.75, 3.05) is 13.7 Å². The van der Waals surface area contributed by atoms with Crippen LogP contribution >= 0.6 is 0 Å². The van der Waals surface area contributed by atoms with Gasteiger partial charge in [-0.15, -0.1) is 0 Å². The van der Waals surface area contributed by atoms with Crippen LogP contribution < -0.4 is 4.74 Å². The summed E-state index contributed by atoms with van der Waals surface area (Å²) in [6.45, 7) is 0.0790. The fraction of sp³-hybridized carbons (Fsp3) is 0.333. The summed E-state index contributed by atoms with van der Waals surface area (Å²) >= 11 is 0. The van der Waals surface area contributed by atoms with Crippen molar-refractivity contribution in [1.82, 2.24) is 9.88 Å². The standard InChI is InChI=1S/C18H18F2N2O3/c1-25-14-4-3-12(21-9-14)7-18(24)22-10-13(23)8-17(22)15-6-11(19)2-5-16(15)20/h2-6,9,13,17,23H,7-8,10H2,1H3/t13-,17-/m0/s1. The third kappa shape index (κ3) is 3.76. The fourth-order valence-corrected chi connectivity index (χ4v) is 3.05. The number of methoxy groups -OCH3 is 1. The average Bonchev–Trinajstić information content (AvgIpc) is 2.99. The van der Waals surface area contributed by atoms with E-state index in [-0.39, 0.29) is 30.9 Å². The number of hydrogen-bond acceptors (Lipinski definition) is 4. The molecule has 1 amide bonds. The summed E-state index contributed by atoms with van der Waals surface area (Å²) in [5.41, 5.74) is 0.609. The Kier molecular flexibility index (Phi) is 4.94. The number of amides is 1. The summed E-state index contributed by atoms with van der Waals surface area (Å²) in [5, 5.41) is 9.93. The van der Waals surface area contributed by atoms with Crippen molar-refractivity contribution in [3.8, 4) is 5.75 Å². The molecule has 0 radical (unpaired) electrons. The number of nitrogens with zero attached hydrogens (tertiary/aromatic N) is 2. The van der Waals surface area contributed by atoms with Crippen molar-refractivity contribution in [2.45, 2.75) is 25.0 Å². The Hall–Kier alpha value is -2.54. The van der Waals surface area contributed by atoms with Crippen molar-refractivity contribution in [2.24, 2.45) is 0 Å². The van der Waals surface area contributed by atoms with E-state index in [0.29, 0.717) is 11.4 Å². The fourth-order valence-electron chi connectivity index (χ4n) is 3.05. The predicted molar refractivity (Wildman–Crippen MR) is 85.9 cm³/mol. The van der Waals surface area contributed by atoms with E-state index in [1.165, 1.54) is 18.2 Å². The summed E-state index contributed by atoms with van der Waals surface area (Å²) in [5.74, 6) is -0.904. The summed E-state index contributed by atoms with van der Waals surface area (Å²) in [4.78, 5) is 18.1. The number of rotatable bonds is 4. The zero-order valence-electron chi connectivity index (χ0n) is 13.7. The second-order valence-corrected chi connectivity index (χ2v) is 5.98. The highest BCUT2D eigenvalue weighted by atomic mass is 19.1. The Morgan fingerprint density at radius 2 is 2.16 bits per heavy atom. The van der Waals surface area contributed by atoms with E-state index in [1.54, 1.807) is 12.1 Å². The number of halogens is 2. The highest BCUT2D eigenvalue weighted by Crippen LogP contribution is 2.34. The molecule has 7 heteroatoms. The van der Waals surface area contributed by atoms with Crippen LogP contribution in [-0.4, -0.2) is 40.7 Å². The van der Waals surface area contributed by atoms with E-state index in [9.17, 15) is 18.7 Å². The lowest BCUT2D eigenvalue weighted by Crippen LogP contribution is -2.33. The van der Waals surface area contributed by atoms with Crippen molar-refractivity contribution < 1.29 is 23.4 Å². The van der Waals surface area contributed by atoms with Crippen LogP contribution in [0.15, 0.2) is 36.5 Å². The van der Waals surface area contributed by atoms with E-state index in [4.69, 9.17) is 4.74 Å². The van der Waals surface area contributed by atoms with Crippen LogP contribution in [0.4, 0.5) is 8.78 Å². The van der Waals surface area contributed by atoms with Crippen LogP contribution in [-0.2, 0) is 11.2 Å². The molecule has 1 fully saturated rings. The van der Waals surface area contributed by atoms with E-state index in [2.05, 4.69) is 4.98 Å². The second-order valence-electron chi connectivity index (χ2n) is 5.98. The molecule has 132 valence electrons. The van der Waals surface area contributed by atoms with Gasteiger partial charge in [0.2, 0.25) is 5.91 Å². The molecule has 5 nitrogen and oxygen atoms in total. The molecule has 0 bridgehead atoms. The third-order valence-corrected chi connectivity index (χ3v) is 4.28. The van der Waals surface area contributed by atoms with E-state index >= 15 is 0 Å². The Morgan fingerprint density at radius 3 is 2.84 bits per heavy atom. The van der Waals surface area contributed by atoms with Gasteiger partial charge in [-0.3, -0.25) is 9.78 Å². The summed E-state index contributed by atoms with van der Waals surface area (Å²) in [6, 6.07) is 5.79. The van der Waals surface area contributed by atoms with Crippen LogP contribution in [0.3, 0.4) is 0 Å². The first kappa shape index (κ1) is 17.3. The molecule has 25 heavy (non-hydrogen) atoms. The normalized spacial score (nSPS) is 19.9. The molecule has 1 saturated heterocycles. The lowest BCUT2D eigenvalue weighted by atomic mass is 10.0. The molecule has 3 rings (SSSR count). The molecule has 1 aliphatic heterocycles. The quantitative estimate of drug-likeness (QED) is 0.921. The van der Waals surface area contributed by atoms with Gasteiger partial charge < -0.3 is 14.7 Å². The van der Waals surface area contributed by atoms with Gasteiger partial charge >= 0.3 is 0 Å². The zero-order chi connectivity index (χ0) is 18.0. The number of benzene rings is 1. The number of aliphatic hydroxyl groups is 1. The minimum atomic E-state index is -0.777. The lowest BCUT2D eigenvalue weighted by molar-refractivity contribution is -0.131. The van der Waals surface area contributed by atoms with Gasteiger partial charge in [0.05, 0.1) is 31.9 Å². The number of carbonyl (C=O) groups is 1. The Balaban J connectivity index is 1.80. The Bertz CT molecular complexity index is 767. The summed E-state index contributed by atoms with van der Waals surface area (Å²) in [7, 11) is 1.52. The molecule has 1 aliphatic rings. The molecular formula is C18H18F2N2O3. The highest BCUT2D eigenvalue weighted by molar-refractivity contribution is 5.79. The number of ether oxygens (including phenoxy) is 1. The largest absolute Gasteiger partial charge is 0.495 e. The third-order valence-electron chi connectivity index (χ3n) is 4.28. The van der Waals surface area contributed by atoms with Gasteiger partial charge in [0.15, 0.2) is 0 Å². The van der Waals surface area contributed by atoms with Gasteiger partial charge in [-0.1, -0.05) is 0 Å². The van der Waals surface area contributed by atoms with Crippen LogP contribution in [0, 0.1) is 11.6 Å². The van der Waals surface area contributed by atoms with E-state index in [1.807, 2.05) is 0 Å². The molecule has 0 aliphatic carbocycles. The molecule has 2 aromatic rings. The molecule has 1 aromatic heterocycles. The van der Waals surface area contributed by atoms with Gasteiger partial charge in [0, 0.05) is 17.8 Å². The number of carbonyl (C=O) groups excluding carboxylic acids is 1. The van der Waals surface area contributed by atoms with Gasteiger partial charge in [-0.05, 0) is 36.8 Å². The van der Waals surface area contributed by atoms with Crippen molar-refractivity contribution in [3.05, 3.63) is 59.4 Å². The molecule has 0 unspecified atom stereocenters. The monoisotopic (exact) mass is 348 g/mol. The predicted octanol–water partition coefficient (Wildman–Crippen LogP) is 2.25. The first-order chi connectivity index (χ1) is 12.0. The summed E-state index contributed by atoms with van der Waals surface area (Å²) in [6.07, 6.45) is 0.901. The SMILES string of the molecule is COc1ccc(CC(=O)N2C[C@@H](O)C[C@H]2c2cc(F)ccc2F)nc1. The zero-order valence-corrected chi connectivity index (χ0v) is 13.7.